The van der Waals surface area contributed by atoms with Gasteiger partial charge in [-0.2, -0.15) is 0 Å². The van der Waals surface area contributed by atoms with Gasteiger partial charge in [-0.25, -0.2) is 0 Å². The quantitative estimate of drug-likeness (QED) is 0.386. The molecule has 0 fully saturated rings. The number of phenolic OH excluding ortho intramolecular Hbond substituents is 2. The highest BCUT2D eigenvalue weighted by atomic mass is 79.9. The second kappa shape index (κ2) is 10.5. The first-order valence-corrected chi connectivity index (χ1v) is 12.6. The lowest BCUT2D eigenvalue weighted by Crippen LogP contribution is -2.31. The summed E-state index contributed by atoms with van der Waals surface area (Å²) in [6, 6.07) is 7.99. The fourth-order valence-electron chi connectivity index (χ4n) is 3.73. The highest BCUT2D eigenvalue weighted by Gasteiger charge is 2.24. The molecule has 2 rings (SSSR count). The summed E-state index contributed by atoms with van der Waals surface area (Å²) in [5, 5.41) is 22.2. The molecule has 0 aliphatic rings. The van der Waals surface area contributed by atoms with Gasteiger partial charge in [-0.05, 0) is 49.2 Å². The number of nitrogens with zero attached hydrogens (tertiary/aromatic N) is 2. The average molecular weight is 570 g/mol. The van der Waals surface area contributed by atoms with E-state index in [2.05, 4.69) is 97.3 Å². The molecule has 0 spiro atoms. The minimum Gasteiger partial charge on any atom is -0.507 e. The van der Waals surface area contributed by atoms with E-state index in [1.807, 2.05) is 24.3 Å². The number of aromatic hydroxyl groups is 2. The number of rotatable bonds is 7. The summed E-state index contributed by atoms with van der Waals surface area (Å²) in [4.78, 5) is 4.43. The van der Waals surface area contributed by atoms with Crippen LogP contribution in [0.4, 0.5) is 0 Å². The van der Waals surface area contributed by atoms with Crippen molar-refractivity contribution in [2.75, 3.05) is 27.2 Å². The normalized spacial score (nSPS) is 12.8. The van der Waals surface area contributed by atoms with Gasteiger partial charge >= 0.3 is 0 Å². The van der Waals surface area contributed by atoms with E-state index in [0.29, 0.717) is 24.6 Å². The van der Waals surface area contributed by atoms with Gasteiger partial charge in [0, 0.05) is 57.4 Å². The summed E-state index contributed by atoms with van der Waals surface area (Å²) >= 11 is 7.25. The molecular weight excluding hydrogens is 532 g/mol. The number of benzene rings is 2. The third-order valence-electron chi connectivity index (χ3n) is 5.57. The van der Waals surface area contributed by atoms with Gasteiger partial charge in [0.1, 0.15) is 11.5 Å². The zero-order valence-electron chi connectivity index (χ0n) is 20.7. The molecule has 2 aromatic carbocycles. The minimum absolute atomic E-state index is 0.165. The van der Waals surface area contributed by atoms with Gasteiger partial charge in [-0.15, -0.1) is 0 Å². The van der Waals surface area contributed by atoms with E-state index >= 15 is 0 Å². The summed E-state index contributed by atoms with van der Waals surface area (Å²) in [6.07, 6.45) is 0. The third-order valence-corrected chi connectivity index (χ3v) is 6.49. The fourth-order valence-corrected chi connectivity index (χ4v) is 4.74. The first-order chi connectivity index (χ1) is 14.6. The first kappa shape index (κ1) is 27.2. The highest BCUT2D eigenvalue weighted by molar-refractivity contribution is 9.10. The third kappa shape index (κ3) is 7.21. The van der Waals surface area contributed by atoms with Gasteiger partial charge in [0.25, 0.3) is 0 Å². The monoisotopic (exact) mass is 568 g/mol. The van der Waals surface area contributed by atoms with Crippen LogP contribution >= 0.6 is 31.9 Å². The van der Waals surface area contributed by atoms with Crippen molar-refractivity contribution in [1.82, 2.24) is 9.80 Å². The van der Waals surface area contributed by atoms with Crippen molar-refractivity contribution < 1.29 is 10.2 Å². The predicted octanol–water partition coefficient (Wildman–Crippen LogP) is 6.78. The molecule has 0 saturated carbocycles. The lowest BCUT2D eigenvalue weighted by atomic mass is 9.85. The summed E-state index contributed by atoms with van der Waals surface area (Å²) in [6.45, 7) is 15.5. The van der Waals surface area contributed by atoms with Gasteiger partial charge in [0.15, 0.2) is 0 Å². The van der Waals surface area contributed by atoms with E-state index in [0.717, 1.165) is 44.3 Å². The van der Waals surface area contributed by atoms with Crippen LogP contribution in [0, 0.1) is 0 Å². The van der Waals surface area contributed by atoms with E-state index in [-0.39, 0.29) is 10.8 Å². The molecule has 0 amide bonds. The standard InChI is InChI=1S/C26H38Br2N2O2/c1-25(2,3)21-13-19(27)11-17(23(21)31)15-30(10-9-29(7)8)16-18-12-20(28)14-22(24(18)32)26(4,5)6/h11-14,31-32H,9-10,15-16H2,1-8H3. The van der Waals surface area contributed by atoms with Crippen molar-refractivity contribution in [2.45, 2.75) is 65.5 Å². The smallest absolute Gasteiger partial charge is 0.123 e. The number of halogens is 2. The molecule has 0 aliphatic heterocycles. The molecule has 0 aliphatic carbocycles. The molecule has 0 saturated heterocycles. The van der Waals surface area contributed by atoms with Crippen LogP contribution in [0.3, 0.4) is 0 Å². The fraction of sp³-hybridized carbons (Fsp3) is 0.538. The number of hydrogen-bond donors (Lipinski definition) is 2. The Kier molecular flexibility index (Phi) is 8.88. The molecule has 0 unspecified atom stereocenters. The molecule has 6 heteroatoms. The van der Waals surface area contributed by atoms with Crippen LogP contribution in [-0.4, -0.2) is 47.2 Å². The molecule has 0 atom stereocenters. The van der Waals surface area contributed by atoms with Crippen LogP contribution < -0.4 is 0 Å². The topological polar surface area (TPSA) is 46.9 Å². The Hall–Kier alpha value is -1.08. The van der Waals surface area contributed by atoms with Crippen LogP contribution in [0.15, 0.2) is 33.2 Å². The van der Waals surface area contributed by atoms with Gasteiger partial charge in [0.05, 0.1) is 0 Å². The molecule has 2 aromatic rings. The largest absolute Gasteiger partial charge is 0.507 e. The highest BCUT2D eigenvalue weighted by Crippen LogP contribution is 2.38. The van der Waals surface area contributed by atoms with Gasteiger partial charge in [-0.3, -0.25) is 4.90 Å². The number of phenols is 2. The Bertz CT molecular complexity index is 873. The Morgan fingerprint density at radius 1 is 0.688 bits per heavy atom. The molecule has 0 bridgehead atoms. The Morgan fingerprint density at radius 3 is 1.38 bits per heavy atom. The Labute approximate surface area is 210 Å². The predicted molar refractivity (Wildman–Crippen MR) is 142 cm³/mol. The van der Waals surface area contributed by atoms with Crippen molar-refractivity contribution in [3.05, 3.63) is 55.5 Å². The van der Waals surface area contributed by atoms with E-state index in [9.17, 15) is 10.2 Å². The molecule has 32 heavy (non-hydrogen) atoms. The van der Waals surface area contributed by atoms with Crippen LogP contribution in [0.2, 0.25) is 0 Å². The van der Waals surface area contributed by atoms with Crippen LogP contribution in [0.5, 0.6) is 11.5 Å². The number of hydrogen-bond acceptors (Lipinski definition) is 4. The molecule has 4 nitrogen and oxygen atoms in total. The lowest BCUT2D eigenvalue weighted by Gasteiger charge is -2.28. The first-order valence-electron chi connectivity index (χ1n) is 11.0. The minimum atomic E-state index is -0.165. The lowest BCUT2D eigenvalue weighted by molar-refractivity contribution is 0.221. The summed E-state index contributed by atoms with van der Waals surface area (Å²) in [5.74, 6) is 0.703. The van der Waals surface area contributed by atoms with Crippen LogP contribution in [-0.2, 0) is 23.9 Å². The zero-order chi connectivity index (χ0) is 24.4. The van der Waals surface area contributed by atoms with Crippen molar-refractivity contribution >= 4 is 31.9 Å². The second-order valence-electron chi connectivity index (χ2n) is 10.9. The van der Waals surface area contributed by atoms with E-state index in [4.69, 9.17) is 0 Å². The summed E-state index contributed by atoms with van der Waals surface area (Å²) in [7, 11) is 4.11. The zero-order valence-corrected chi connectivity index (χ0v) is 23.9. The van der Waals surface area contributed by atoms with Crippen molar-refractivity contribution in [2.24, 2.45) is 0 Å². The average Bonchev–Trinajstić information content (AvgIpc) is 2.63. The van der Waals surface area contributed by atoms with E-state index in [1.165, 1.54) is 0 Å². The maximum atomic E-state index is 11.1. The molecule has 0 radical (unpaired) electrons. The molecule has 0 aromatic heterocycles. The molecule has 0 heterocycles. The van der Waals surface area contributed by atoms with Crippen molar-refractivity contribution in [1.29, 1.82) is 0 Å². The van der Waals surface area contributed by atoms with Crippen molar-refractivity contribution in [3.8, 4) is 11.5 Å². The molecule has 2 N–H and O–H groups in total. The van der Waals surface area contributed by atoms with E-state index in [1.54, 1.807) is 0 Å². The maximum absolute atomic E-state index is 11.1. The van der Waals surface area contributed by atoms with Crippen LogP contribution in [0.25, 0.3) is 0 Å². The second-order valence-corrected chi connectivity index (χ2v) is 12.8. The summed E-state index contributed by atoms with van der Waals surface area (Å²) < 4.78 is 1.92. The van der Waals surface area contributed by atoms with E-state index < -0.39 is 0 Å². The Morgan fingerprint density at radius 2 is 1.06 bits per heavy atom. The summed E-state index contributed by atoms with van der Waals surface area (Å²) in [5.41, 5.74) is 3.29. The van der Waals surface area contributed by atoms with Gasteiger partial charge in [0.2, 0.25) is 0 Å². The van der Waals surface area contributed by atoms with Crippen LogP contribution in [0.1, 0.15) is 63.8 Å². The van der Waals surface area contributed by atoms with Gasteiger partial charge in [-0.1, -0.05) is 73.4 Å². The Balaban J connectivity index is 2.46. The number of likely N-dealkylation sites (N-methyl/N-ethyl adjacent to an activating group) is 1. The van der Waals surface area contributed by atoms with Gasteiger partial charge < -0.3 is 15.1 Å². The maximum Gasteiger partial charge on any atom is 0.123 e. The van der Waals surface area contributed by atoms with Crippen molar-refractivity contribution in [3.63, 3.8) is 0 Å². The molecular formula is C26H38Br2N2O2. The molecule has 178 valence electrons. The SMILES string of the molecule is CN(C)CCN(Cc1cc(Br)cc(C(C)(C)C)c1O)Cc1cc(Br)cc(C(C)(C)C)c1O.